The fourth-order valence-electron chi connectivity index (χ4n) is 2.60. The van der Waals surface area contributed by atoms with E-state index in [1.165, 1.54) is 51.4 Å². The van der Waals surface area contributed by atoms with Crippen LogP contribution in [0, 0.1) is 0 Å². The lowest BCUT2D eigenvalue weighted by molar-refractivity contribution is -0.126. The number of amides is 1. The van der Waals surface area contributed by atoms with Crippen molar-refractivity contribution in [2.24, 2.45) is 0 Å². The number of ether oxygens (including phenoxy) is 1. The second-order valence-electron chi connectivity index (χ2n) is 6.41. The van der Waals surface area contributed by atoms with Crippen LogP contribution in [0.3, 0.4) is 0 Å². The van der Waals surface area contributed by atoms with Gasteiger partial charge in [-0.25, -0.2) is 0 Å². The molecule has 22 heavy (non-hydrogen) atoms. The Kier molecular flexibility index (Phi) is 11.1. The Morgan fingerprint density at radius 3 is 2.32 bits per heavy atom. The number of allylic oxidation sites excluding steroid dienone is 1. The molecule has 1 saturated heterocycles. The maximum absolute atomic E-state index is 12.3. The van der Waals surface area contributed by atoms with E-state index in [0.29, 0.717) is 0 Å². The molecule has 1 aliphatic heterocycles. The molecule has 1 aliphatic rings. The van der Waals surface area contributed by atoms with E-state index in [9.17, 15) is 4.79 Å². The molecule has 1 amide bonds. The summed E-state index contributed by atoms with van der Waals surface area (Å²) in [6, 6.07) is 0. The fourth-order valence-corrected chi connectivity index (χ4v) is 2.60. The van der Waals surface area contributed by atoms with E-state index in [4.69, 9.17) is 4.74 Å². The van der Waals surface area contributed by atoms with E-state index in [2.05, 4.69) is 19.9 Å². The van der Waals surface area contributed by atoms with Gasteiger partial charge < -0.3 is 9.64 Å². The third kappa shape index (κ3) is 9.99. The van der Waals surface area contributed by atoms with Crippen molar-refractivity contribution in [1.82, 2.24) is 4.90 Å². The first-order chi connectivity index (χ1) is 10.8. The summed E-state index contributed by atoms with van der Waals surface area (Å²) in [7, 11) is 0. The summed E-state index contributed by atoms with van der Waals surface area (Å²) < 4.78 is 5.28. The summed E-state index contributed by atoms with van der Waals surface area (Å²) in [6.45, 7) is 6.91. The minimum atomic E-state index is 0.167. The zero-order valence-electron chi connectivity index (χ0n) is 14.7. The van der Waals surface area contributed by atoms with Gasteiger partial charge in [0.2, 0.25) is 5.91 Å². The van der Waals surface area contributed by atoms with Gasteiger partial charge in [0.1, 0.15) is 0 Å². The van der Waals surface area contributed by atoms with Gasteiger partial charge in [0, 0.05) is 13.1 Å². The van der Waals surface area contributed by atoms with Gasteiger partial charge >= 0.3 is 0 Å². The number of hydrogen-bond donors (Lipinski definition) is 0. The summed E-state index contributed by atoms with van der Waals surface area (Å²) in [6.07, 6.45) is 16.4. The van der Waals surface area contributed by atoms with Crippen LogP contribution in [0.25, 0.3) is 0 Å². The molecular weight excluding hydrogens is 274 g/mol. The number of unbranched alkanes of at least 4 members (excludes halogenated alkanes) is 8. The van der Waals surface area contributed by atoms with Crippen molar-refractivity contribution in [3.8, 4) is 0 Å². The molecule has 128 valence electrons. The van der Waals surface area contributed by atoms with E-state index in [-0.39, 0.29) is 12.0 Å². The van der Waals surface area contributed by atoms with Crippen molar-refractivity contribution in [2.45, 2.75) is 84.2 Å². The van der Waals surface area contributed by atoms with Gasteiger partial charge in [-0.2, -0.15) is 0 Å². The normalized spacial score (nSPS) is 17.1. The first-order valence-electron chi connectivity index (χ1n) is 9.35. The molecule has 3 heteroatoms. The highest BCUT2D eigenvalue weighted by Crippen LogP contribution is 2.13. The molecule has 0 spiro atoms. The maximum Gasteiger partial charge on any atom is 0.246 e. The number of carbonyl (C=O) groups is 1. The lowest BCUT2D eigenvalue weighted by Crippen LogP contribution is -2.34. The highest BCUT2D eigenvalue weighted by atomic mass is 16.6. The van der Waals surface area contributed by atoms with Crippen LogP contribution in [0.1, 0.15) is 78.1 Å². The van der Waals surface area contributed by atoms with E-state index in [1.807, 2.05) is 4.90 Å². The largest absolute Gasteiger partial charge is 0.371 e. The number of hydrogen-bond acceptors (Lipinski definition) is 2. The first-order valence-corrected chi connectivity index (χ1v) is 9.35. The van der Waals surface area contributed by atoms with E-state index >= 15 is 0 Å². The second kappa shape index (κ2) is 12.7. The molecule has 0 aromatic rings. The number of carbonyl (C=O) groups excluding carboxylic acids is 1. The first kappa shape index (κ1) is 19.2. The molecule has 0 aromatic heterocycles. The number of epoxide rings is 1. The van der Waals surface area contributed by atoms with Crippen LogP contribution >= 0.6 is 0 Å². The predicted molar refractivity (Wildman–Crippen MR) is 93.0 cm³/mol. The lowest BCUT2D eigenvalue weighted by atomic mass is 10.1. The number of nitrogens with zero attached hydrogens (tertiary/aromatic N) is 1. The molecule has 0 aromatic carbocycles. The van der Waals surface area contributed by atoms with Crippen LogP contribution in [-0.4, -0.2) is 36.6 Å². The Bertz CT molecular complexity index is 311. The quantitative estimate of drug-likeness (QED) is 0.264. The molecule has 0 aliphatic carbocycles. The minimum absolute atomic E-state index is 0.167. The summed E-state index contributed by atoms with van der Waals surface area (Å²) in [5, 5.41) is 0. The summed E-state index contributed by atoms with van der Waals surface area (Å²) >= 11 is 0. The second-order valence-corrected chi connectivity index (χ2v) is 6.41. The molecule has 1 fully saturated rings. The van der Waals surface area contributed by atoms with Crippen molar-refractivity contribution < 1.29 is 9.53 Å². The molecule has 1 unspecified atom stereocenters. The third-order valence-corrected chi connectivity index (χ3v) is 4.15. The molecular formula is C19H35NO2. The smallest absolute Gasteiger partial charge is 0.246 e. The Balaban J connectivity index is 2.20. The zero-order valence-corrected chi connectivity index (χ0v) is 14.7. The maximum atomic E-state index is 12.3. The zero-order chi connectivity index (χ0) is 16.0. The van der Waals surface area contributed by atoms with Crippen LogP contribution in [0.5, 0.6) is 0 Å². The van der Waals surface area contributed by atoms with Gasteiger partial charge in [-0.3, -0.25) is 4.79 Å². The van der Waals surface area contributed by atoms with Crippen molar-refractivity contribution in [3.63, 3.8) is 0 Å². The van der Waals surface area contributed by atoms with Gasteiger partial charge in [0.25, 0.3) is 0 Å². The Morgan fingerprint density at radius 2 is 1.68 bits per heavy atom. The standard InChI is InChI=1S/C19H35NO2/c1-3-5-7-9-10-11-12-14-19(21)20(16-18-17-22-18)15-13-8-6-4-2/h12,14,18H,3-11,13,15-17H2,1-2H3/b14-12+. The number of rotatable bonds is 14. The lowest BCUT2D eigenvalue weighted by Gasteiger charge is -2.20. The SMILES string of the molecule is CCCCCCC/C=C/C(=O)N(CCCCCC)CC1CO1. The topological polar surface area (TPSA) is 32.8 Å². The molecule has 0 N–H and O–H groups in total. The Morgan fingerprint density at radius 1 is 1.05 bits per heavy atom. The fraction of sp³-hybridized carbons (Fsp3) is 0.842. The van der Waals surface area contributed by atoms with Crippen molar-refractivity contribution in [2.75, 3.05) is 19.7 Å². The van der Waals surface area contributed by atoms with Gasteiger partial charge in [-0.15, -0.1) is 0 Å². The molecule has 0 radical (unpaired) electrons. The van der Waals surface area contributed by atoms with Crippen LogP contribution in [0.15, 0.2) is 12.2 Å². The van der Waals surface area contributed by atoms with Crippen LogP contribution in [-0.2, 0) is 9.53 Å². The monoisotopic (exact) mass is 309 g/mol. The van der Waals surface area contributed by atoms with Crippen molar-refractivity contribution in [1.29, 1.82) is 0 Å². The van der Waals surface area contributed by atoms with E-state index < -0.39 is 0 Å². The van der Waals surface area contributed by atoms with Crippen LogP contribution in [0.2, 0.25) is 0 Å². The van der Waals surface area contributed by atoms with E-state index in [0.717, 1.165) is 32.5 Å². The van der Waals surface area contributed by atoms with Gasteiger partial charge in [-0.1, -0.05) is 64.9 Å². The third-order valence-electron chi connectivity index (χ3n) is 4.15. The van der Waals surface area contributed by atoms with Gasteiger partial charge in [0.05, 0.1) is 12.7 Å². The van der Waals surface area contributed by atoms with Crippen molar-refractivity contribution in [3.05, 3.63) is 12.2 Å². The average molecular weight is 309 g/mol. The van der Waals surface area contributed by atoms with Gasteiger partial charge in [0.15, 0.2) is 0 Å². The minimum Gasteiger partial charge on any atom is -0.371 e. The van der Waals surface area contributed by atoms with Crippen LogP contribution < -0.4 is 0 Å². The average Bonchev–Trinajstić information content (AvgIpc) is 3.33. The molecule has 1 heterocycles. The van der Waals surface area contributed by atoms with Crippen LogP contribution in [0.4, 0.5) is 0 Å². The predicted octanol–water partition coefficient (Wildman–Crippen LogP) is 4.71. The Labute approximate surface area is 137 Å². The molecule has 3 nitrogen and oxygen atoms in total. The molecule has 1 atom stereocenters. The molecule has 0 bridgehead atoms. The summed E-state index contributed by atoms with van der Waals surface area (Å²) in [4.78, 5) is 14.3. The van der Waals surface area contributed by atoms with E-state index in [1.54, 1.807) is 6.08 Å². The summed E-state index contributed by atoms with van der Waals surface area (Å²) in [5.41, 5.74) is 0. The molecule has 0 saturated carbocycles. The highest BCUT2D eigenvalue weighted by molar-refractivity contribution is 5.87. The van der Waals surface area contributed by atoms with Crippen molar-refractivity contribution >= 4 is 5.91 Å². The van der Waals surface area contributed by atoms with Gasteiger partial charge in [-0.05, 0) is 25.3 Å². The highest BCUT2D eigenvalue weighted by Gasteiger charge is 2.26. The molecule has 1 rings (SSSR count). The Hall–Kier alpha value is -0.830. The summed E-state index contributed by atoms with van der Waals surface area (Å²) in [5.74, 6) is 0.167.